The first-order valence-electron chi connectivity index (χ1n) is 5.71. The lowest BCUT2D eigenvalue weighted by Crippen LogP contribution is -2.04. The van der Waals surface area contributed by atoms with Crippen LogP contribution in [-0.4, -0.2) is 12.4 Å². The second-order valence-electron chi connectivity index (χ2n) is 4.04. The Morgan fingerprint density at radius 3 is 2.72 bits per heavy atom. The summed E-state index contributed by atoms with van der Waals surface area (Å²) in [6.07, 6.45) is 2.10. The van der Waals surface area contributed by atoms with Gasteiger partial charge >= 0.3 is 0 Å². The molecule has 0 unspecified atom stereocenters. The molecule has 1 fully saturated rings. The molecule has 92 valence electrons. The van der Waals surface area contributed by atoms with Crippen LogP contribution in [0.15, 0.2) is 50.2 Å². The van der Waals surface area contributed by atoms with Gasteiger partial charge in [0.05, 0.1) is 0 Å². The monoisotopic (exact) mass is 321 g/mol. The van der Waals surface area contributed by atoms with Crippen LogP contribution in [0.1, 0.15) is 5.76 Å². The van der Waals surface area contributed by atoms with Crippen molar-refractivity contribution in [3.63, 3.8) is 0 Å². The molecule has 1 saturated heterocycles. The molecule has 2 nitrogen and oxygen atoms in total. The van der Waals surface area contributed by atoms with E-state index in [-0.39, 0.29) is 0 Å². The predicted molar refractivity (Wildman–Crippen MR) is 80.3 cm³/mol. The summed E-state index contributed by atoms with van der Waals surface area (Å²) in [7, 11) is 0. The molecule has 18 heavy (non-hydrogen) atoms. The van der Waals surface area contributed by atoms with Crippen LogP contribution in [0.3, 0.4) is 0 Å². The largest absolute Gasteiger partial charge is 0.457 e. The second kappa shape index (κ2) is 5.34. The maximum atomic E-state index is 5.84. The highest BCUT2D eigenvalue weighted by Gasteiger charge is 2.08. The third kappa shape index (κ3) is 2.71. The number of halogens is 1. The van der Waals surface area contributed by atoms with Crippen molar-refractivity contribution < 1.29 is 4.42 Å². The first-order chi connectivity index (χ1) is 8.81. The zero-order chi connectivity index (χ0) is 12.4. The van der Waals surface area contributed by atoms with Crippen molar-refractivity contribution in [1.82, 2.24) is 5.32 Å². The van der Waals surface area contributed by atoms with Crippen molar-refractivity contribution in [1.29, 1.82) is 0 Å². The number of rotatable bonds is 2. The van der Waals surface area contributed by atoms with Gasteiger partial charge in [0.2, 0.25) is 0 Å². The Morgan fingerprint density at radius 2 is 2.00 bits per heavy atom. The quantitative estimate of drug-likeness (QED) is 0.890. The van der Waals surface area contributed by atoms with E-state index in [1.165, 1.54) is 4.91 Å². The van der Waals surface area contributed by atoms with Gasteiger partial charge in [-0.1, -0.05) is 28.1 Å². The zero-order valence-electron chi connectivity index (χ0n) is 9.65. The van der Waals surface area contributed by atoms with Gasteiger partial charge in [-0.3, -0.25) is 0 Å². The normalized spacial score (nSPS) is 17.5. The summed E-state index contributed by atoms with van der Waals surface area (Å²) in [5.41, 5.74) is 1.10. The number of furan rings is 1. The highest BCUT2D eigenvalue weighted by atomic mass is 79.9. The Morgan fingerprint density at radius 1 is 1.17 bits per heavy atom. The average Bonchev–Trinajstić information content (AvgIpc) is 3.02. The topological polar surface area (TPSA) is 25.2 Å². The molecule has 3 rings (SSSR count). The van der Waals surface area contributed by atoms with Crippen molar-refractivity contribution in [3.05, 3.63) is 51.5 Å². The first kappa shape index (κ1) is 12.1. The molecule has 4 heteroatoms. The smallest absolute Gasteiger partial charge is 0.134 e. The van der Waals surface area contributed by atoms with Crippen LogP contribution >= 0.6 is 27.7 Å². The Labute approximate surface area is 119 Å². The van der Waals surface area contributed by atoms with E-state index in [9.17, 15) is 0 Å². The molecule has 2 aromatic rings. The minimum atomic E-state index is 0.908. The Bertz CT molecular complexity index is 566. The van der Waals surface area contributed by atoms with Crippen molar-refractivity contribution in [3.8, 4) is 11.3 Å². The molecule has 1 aromatic carbocycles. The fourth-order valence-corrected chi connectivity index (χ4v) is 2.88. The fraction of sp³-hybridized carbons (Fsp3) is 0.143. The van der Waals surface area contributed by atoms with Crippen LogP contribution in [0.2, 0.25) is 0 Å². The lowest BCUT2D eigenvalue weighted by Gasteiger charge is -1.97. The predicted octanol–water partition coefficient (Wildman–Crippen LogP) is 4.34. The van der Waals surface area contributed by atoms with Crippen molar-refractivity contribution in [2.24, 2.45) is 0 Å². The van der Waals surface area contributed by atoms with Crippen LogP contribution in [0.4, 0.5) is 0 Å². The Kier molecular flexibility index (Phi) is 3.59. The van der Waals surface area contributed by atoms with Gasteiger partial charge in [0.25, 0.3) is 0 Å². The van der Waals surface area contributed by atoms with E-state index < -0.39 is 0 Å². The van der Waals surface area contributed by atoms with Crippen molar-refractivity contribution >= 4 is 33.8 Å². The van der Waals surface area contributed by atoms with Gasteiger partial charge in [0.15, 0.2) is 0 Å². The van der Waals surface area contributed by atoms with Gasteiger partial charge in [0, 0.05) is 27.4 Å². The average molecular weight is 322 g/mol. The summed E-state index contributed by atoms with van der Waals surface area (Å²) >= 11 is 5.26. The summed E-state index contributed by atoms with van der Waals surface area (Å²) in [4.78, 5) is 1.33. The SMILES string of the molecule is Brc1ccc(-c2ccc(C=C3CNCS3)o2)cc1. The van der Waals surface area contributed by atoms with Crippen LogP contribution in [-0.2, 0) is 0 Å². The minimum absolute atomic E-state index is 0.908. The van der Waals surface area contributed by atoms with Gasteiger partial charge in [-0.05, 0) is 30.3 Å². The van der Waals surface area contributed by atoms with E-state index in [1.807, 2.05) is 48.2 Å². The number of hydrogen-bond donors (Lipinski definition) is 1. The highest BCUT2D eigenvalue weighted by Crippen LogP contribution is 2.27. The molecule has 0 radical (unpaired) electrons. The number of hydrogen-bond acceptors (Lipinski definition) is 3. The standard InChI is InChI=1S/C14H12BrNOS/c15-11-3-1-10(2-4-11)14-6-5-12(17-14)7-13-8-16-9-18-13/h1-7,16H,8-9H2. The van der Waals surface area contributed by atoms with Gasteiger partial charge < -0.3 is 9.73 Å². The summed E-state index contributed by atoms with van der Waals surface area (Å²) in [6.45, 7) is 0.943. The lowest BCUT2D eigenvalue weighted by molar-refractivity contribution is 0.571. The first-order valence-corrected chi connectivity index (χ1v) is 7.49. The molecule has 2 heterocycles. The van der Waals surface area contributed by atoms with Crippen LogP contribution < -0.4 is 5.32 Å². The molecule has 1 aromatic heterocycles. The van der Waals surface area contributed by atoms with Gasteiger partial charge in [0.1, 0.15) is 11.5 Å². The maximum absolute atomic E-state index is 5.84. The minimum Gasteiger partial charge on any atom is -0.457 e. The van der Waals surface area contributed by atoms with E-state index in [4.69, 9.17) is 4.42 Å². The van der Waals surface area contributed by atoms with E-state index in [2.05, 4.69) is 27.3 Å². The maximum Gasteiger partial charge on any atom is 0.134 e. The summed E-state index contributed by atoms with van der Waals surface area (Å²) < 4.78 is 6.92. The molecular formula is C14H12BrNOS. The summed E-state index contributed by atoms with van der Waals surface area (Å²) in [6, 6.07) is 12.2. The molecule has 1 aliphatic heterocycles. The van der Waals surface area contributed by atoms with Gasteiger partial charge in [-0.15, -0.1) is 11.8 Å². The van der Waals surface area contributed by atoms with Gasteiger partial charge in [-0.25, -0.2) is 0 Å². The molecule has 0 atom stereocenters. The second-order valence-corrected chi connectivity index (χ2v) is 6.05. The summed E-state index contributed by atoms with van der Waals surface area (Å²) in [5, 5.41) is 3.29. The molecule has 0 bridgehead atoms. The van der Waals surface area contributed by atoms with Crippen LogP contribution in [0, 0.1) is 0 Å². The molecule has 0 spiro atoms. The fourth-order valence-electron chi connectivity index (χ4n) is 1.82. The zero-order valence-corrected chi connectivity index (χ0v) is 12.1. The van der Waals surface area contributed by atoms with Crippen molar-refractivity contribution in [2.45, 2.75) is 0 Å². The molecule has 0 saturated carbocycles. The number of nitrogens with one attached hydrogen (secondary N) is 1. The third-order valence-corrected chi connectivity index (χ3v) is 4.23. The summed E-state index contributed by atoms with van der Waals surface area (Å²) in [5.74, 6) is 2.82. The van der Waals surface area contributed by atoms with Crippen molar-refractivity contribution in [2.75, 3.05) is 12.4 Å². The van der Waals surface area contributed by atoms with E-state index in [0.717, 1.165) is 34.0 Å². The molecular weight excluding hydrogens is 310 g/mol. The van der Waals surface area contributed by atoms with E-state index >= 15 is 0 Å². The van der Waals surface area contributed by atoms with E-state index in [1.54, 1.807) is 0 Å². The molecule has 0 amide bonds. The Balaban J connectivity index is 1.84. The number of thioether (sulfide) groups is 1. The van der Waals surface area contributed by atoms with E-state index in [0.29, 0.717) is 0 Å². The number of benzene rings is 1. The molecule has 0 aliphatic carbocycles. The third-order valence-electron chi connectivity index (χ3n) is 2.72. The highest BCUT2D eigenvalue weighted by molar-refractivity contribution is 9.10. The molecule has 1 aliphatic rings. The van der Waals surface area contributed by atoms with Crippen LogP contribution in [0.25, 0.3) is 17.4 Å². The molecule has 1 N–H and O–H groups in total. The van der Waals surface area contributed by atoms with Gasteiger partial charge in [-0.2, -0.15) is 0 Å². The Hall–Kier alpha value is -0.970. The van der Waals surface area contributed by atoms with Crippen LogP contribution in [0.5, 0.6) is 0 Å². The lowest BCUT2D eigenvalue weighted by atomic mass is 10.2.